The molecule has 0 aliphatic carbocycles. The van der Waals surface area contributed by atoms with Gasteiger partial charge in [-0.05, 0) is 27.8 Å². The maximum Gasteiger partial charge on any atom is 0.0867 e. The number of rotatable bonds is 1. The standard InChI is InChI=1S/C7H14N2/c1-7(2,3)9(4)6-5-8/h6H2,1-4H3. The highest BCUT2D eigenvalue weighted by atomic mass is 15.1. The molecule has 0 rings (SSSR count). The molecule has 0 aromatic rings. The summed E-state index contributed by atoms with van der Waals surface area (Å²) < 4.78 is 0. The Morgan fingerprint density at radius 2 is 1.89 bits per heavy atom. The first kappa shape index (κ1) is 8.45. The first-order valence-electron chi connectivity index (χ1n) is 3.06. The van der Waals surface area contributed by atoms with Crippen LogP contribution in [0.15, 0.2) is 0 Å². The Balaban J connectivity index is 3.76. The van der Waals surface area contributed by atoms with Gasteiger partial charge in [-0.2, -0.15) is 5.26 Å². The van der Waals surface area contributed by atoms with Crippen molar-refractivity contribution in [2.75, 3.05) is 13.6 Å². The molecule has 0 spiro atoms. The van der Waals surface area contributed by atoms with Crippen LogP contribution in [0.5, 0.6) is 0 Å². The van der Waals surface area contributed by atoms with E-state index in [1.807, 2.05) is 11.9 Å². The molecular weight excluding hydrogens is 112 g/mol. The molecule has 0 N–H and O–H groups in total. The highest BCUT2D eigenvalue weighted by molar-refractivity contribution is 4.82. The highest BCUT2D eigenvalue weighted by Crippen LogP contribution is 2.08. The zero-order chi connectivity index (χ0) is 7.49. The fourth-order valence-electron chi connectivity index (χ4n) is 0.343. The van der Waals surface area contributed by atoms with Gasteiger partial charge in [0.25, 0.3) is 0 Å². The third-order valence-electron chi connectivity index (χ3n) is 1.45. The normalized spacial score (nSPS) is 11.6. The second-order valence-electron chi connectivity index (χ2n) is 3.18. The number of nitriles is 1. The topological polar surface area (TPSA) is 27.0 Å². The predicted octanol–water partition coefficient (Wildman–Crippen LogP) is 1.24. The molecule has 0 amide bonds. The molecule has 2 heteroatoms. The van der Waals surface area contributed by atoms with Crippen LogP contribution in [0.25, 0.3) is 0 Å². The fourth-order valence-corrected chi connectivity index (χ4v) is 0.343. The van der Waals surface area contributed by atoms with Gasteiger partial charge in [-0.1, -0.05) is 0 Å². The van der Waals surface area contributed by atoms with E-state index in [9.17, 15) is 0 Å². The van der Waals surface area contributed by atoms with Crippen LogP contribution in [0.2, 0.25) is 0 Å². The monoisotopic (exact) mass is 126 g/mol. The van der Waals surface area contributed by atoms with Gasteiger partial charge in [0.05, 0.1) is 12.6 Å². The van der Waals surface area contributed by atoms with Gasteiger partial charge >= 0.3 is 0 Å². The molecule has 0 fully saturated rings. The third kappa shape index (κ3) is 3.10. The van der Waals surface area contributed by atoms with Crippen LogP contribution in [0.4, 0.5) is 0 Å². The summed E-state index contributed by atoms with van der Waals surface area (Å²) in [6.07, 6.45) is 0. The van der Waals surface area contributed by atoms with E-state index < -0.39 is 0 Å². The van der Waals surface area contributed by atoms with E-state index in [2.05, 4.69) is 26.8 Å². The van der Waals surface area contributed by atoms with E-state index >= 15 is 0 Å². The van der Waals surface area contributed by atoms with E-state index in [1.165, 1.54) is 0 Å². The SMILES string of the molecule is CN(CC#N)C(C)(C)C. The van der Waals surface area contributed by atoms with E-state index in [1.54, 1.807) is 0 Å². The zero-order valence-electron chi connectivity index (χ0n) is 6.60. The van der Waals surface area contributed by atoms with Crippen molar-refractivity contribution in [3.05, 3.63) is 0 Å². The summed E-state index contributed by atoms with van der Waals surface area (Å²) in [4.78, 5) is 2.01. The fraction of sp³-hybridized carbons (Fsp3) is 0.857. The second kappa shape index (κ2) is 2.84. The van der Waals surface area contributed by atoms with Crippen LogP contribution in [0, 0.1) is 11.3 Å². The first-order valence-corrected chi connectivity index (χ1v) is 3.06. The molecule has 0 saturated heterocycles. The average molecular weight is 126 g/mol. The largest absolute Gasteiger partial charge is 0.289 e. The molecule has 0 atom stereocenters. The van der Waals surface area contributed by atoms with Crippen molar-refractivity contribution in [1.29, 1.82) is 5.26 Å². The molecule has 0 saturated carbocycles. The Hall–Kier alpha value is -0.550. The van der Waals surface area contributed by atoms with Gasteiger partial charge in [-0.15, -0.1) is 0 Å². The summed E-state index contributed by atoms with van der Waals surface area (Å²) in [5.74, 6) is 0. The van der Waals surface area contributed by atoms with Crippen LogP contribution < -0.4 is 0 Å². The Morgan fingerprint density at radius 3 is 2.00 bits per heavy atom. The lowest BCUT2D eigenvalue weighted by Gasteiger charge is -2.29. The summed E-state index contributed by atoms with van der Waals surface area (Å²) in [5.41, 5.74) is 0.121. The van der Waals surface area contributed by atoms with Gasteiger partial charge in [0.2, 0.25) is 0 Å². The molecule has 9 heavy (non-hydrogen) atoms. The lowest BCUT2D eigenvalue weighted by Crippen LogP contribution is -2.38. The summed E-state index contributed by atoms with van der Waals surface area (Å²) in [7, 11) is 1.95. The third-order valence-corrected chi connectivity index (χ3v) is 1.45. The van der Waals surface area contributed by atoms with Gasteiger partial charge in [0, 0.05) is 5.54 Å². The van der Waals surface area contributed by atoms with Crippen molar-refractivity contribution in [2.24, 2.45) is 0 Å². The Kier molecular flexibility index (Phi) is 2.66. The van der Waals surface area contributed by atoms with Crippen molar-refractivity contribution in [2.45, 2.75) is 26.3 Å². The molecule has 0 heterocycles. The maximum atomic E-state index is 8.31. The molecule has 0 bridgehead atoms. The van der Waals surface area contributed by atoms with Crippen molar-refractivity contribution in [1.82, 2.24) is 4.90 Å². The summed E-state index contributed by atoms with van der Waals surface area (Å²) >= 11 is 0. The van der Waals surface area contributed by atoms with E-state index in [4.69, 9.17) is 5.26 Å². The van der Waals surface area contributed by atoms with Crippen molar-refractivity contribution < 1.29 is 0 Å². The molecule has 0 aromatic heterocycles. The van der Waals surface area contributed by atoms with Crippen LogP contribution in [0.1, 0.15) is 20.8 Å². The molecule has 0 aliphatic rings. The number of hydrogen-bond donors (Lipinski definition) is 0. The Morgan fingerprint density at radius 1 is 1.44 bits per heavy atom. The summed E-state index contributed by atoms with van der Waals surface area (Å²) in [5, 5.41) is 8.31. The van der Waals surface area contributed by atoms with Crippen LogP contribution in [0.3, 0.4) is 0 Å². The minimum atomic E-state index is 0.121. The molecule has 0 aliphatic heterocycles. The molecule has 0 unspecified atom stereocenters. The molecular formula is C7H14N2. The molecule has 2 nitrogen and oxygen atoms in total. The van der Waals surface area contributed by atoms with Gasteiger partial charge in [-0.3, -0.25) is 4.90 Å². The van der Waals surface area contributed by atoms with Crippen molar-refractivity contribution >= 4 is 0 Å². The van der Waals surface area contributed by atoms with Crippen LogP contribution >= 0.6 is 0 Å². The van der Waals surface area contributed by atoms with Crippen molar-refractivity contribution in [3.63, 3.8) is 0 Å². The summed E-state index contributed by atoms with van der Waals surface area (Å²) in [6.45, 7) is 6.77. The average Bonchev–Trinajstić information content (AvgIpc) is 1.64. The van der Waals surface area contributed by atoms with Gasteiger partial charge in [0.1, 0.15) is 0 Å². The Bertz CT molecular complexity index is 116. The molecule has 52 valence electrons. The number of hydrogen-bond acceptors (Lipinski definition) is 2. The summed E-state index contributed by atoms with van der Waals surface area (Å²) in [6, 6.07) is 2.10. The second-order valence-corrected chi connectivity index (χ2v) is 3.18. The van der Waals surface area contributed by atoms with Crippen LogP contribution in [-0.4, -0.2) is 24.0 Å². The smallest absolute Gasteiger partial charge is 0.0867 e. The first-order chi connectivity index (χ1) is 3.98. The van der Waals surface area contributed by atoms with Crippen molar-refractivity contribution in [3.8, 4) is 6.07 Å². The quantitative estimate of drug-likeness (QED) is 0.494. The van der Waals surface area contributed by atoms with Gasteiger partial charge in [-0.25, -0.2) is 0 Å². The molecule has 0 aromatic carbocycles. The maximum absolute atomic E-state index is 8.31. The number of nitrogens with zero attached hydrogens (tertiary/aromatic N) is 2. The van der Waals surface area contributed by atoms with Gasteiger partial charge in [0.15, 0.2) is 0 Å². The van der Waals surface area contributed by atoms with E-state index in [-0.39, 0.29) is 5.54 Å². The minimum absolute atomic E-state index is 0.121. The minimum Gasteiger partial charge on any atom is -0.289 e. The predicted molar refractivity (Wildman–Crippen MR) is 38.0 cm³/mol. The zero-order valence-corrected chi connectivity index (χ0v) is 6.60. The highest BCUT2D eigenvalue weighted by Gasteiger charge is 2.15. The lowest BCUT2D eigenvalue weighted by atomic mass is 10.1. The lowest BCUT2D eigenvalue weighted by molar-refractivity contribution is 0.198. The van der Waals surface area contributed by atoms with E-state index in [0.29, 0.717) is 6.54 Å². The molecule has 0 radical (unpaired) electrons. The van der Waals surface area contributed by atoms with Crippen LogP contribution in [-0.2, 0) is 0 Å². The van der Waals surface area contributed by atoms with E-state index in [0.717, 1.165) is 0 Å². The van der Waals surface area contributed by atoms with Gasteiger partial charge < -0.3 is 0 Å². The Labute approximate surface area is 57.1 Å².